The molecule has 23 heavy (non-hydrogen) atoms. The number of halogens is 1. The third-order valence-corrected chi connectivity index (χ3v) is 5.57. The Morgan fingerprint density at radius 2 is 1.96 bits per heavy atom. The lowest BCUT2D eigenvalue weighted by Crippen LogP contribution is -2.48. The zero-order valence-electron chi connectivity index (χ0n) is 14.8. The van der Waals surface area contributed by atoms with Crippen LogP contribution in [0, 0.1) is 13.8 Å². The molecule has 0 aliphatic carbocycles. The molecular formula is C18H28ClN3O. The lowest BCUT2D eigenvalue weighted by atomic mass is 10.00. The minimum atomic E-state index is -0.0608. The van der Waals surface area contributed by atoms with Crippen LogP contribution in [0.2, 0.25) is 5.02 Å². The molecule has 2 amide bonds. The summed E-state index contributed by atoms with van der Waals surface area (Å²) < 4.78 is 0. The molecular weight excluding hydrogens is 310 g/mol. The van der Waals surface area contributed by atoms with E-state index >= 15 is 0 Å². The maximum Gasteiger partial charge on any atom is 0.317 e. The Balaban J connectivity index is 2.01. The monoisotopic (exact) mass is 337 g/mol. The molecule has 1 aromatic carbocycles. The molecule has 1 saturated heterocycles. The smallest absolute Gasteiger partial charge is 0.317 e. The van der Waals surface area contributed by atoms with Crippen molar-refractivity contribution >= 4 is 17.6 Å². The summed E-state index contributed by atoms with van der Waals surface area (Å²) in [5.41, 5.74) is 3.18. The average Bonchev–Trinajstić information content (AvgIpc) is 2.52. The second kappa shape index (κ2) is 7.54. The number of likely N-dealkylation sites (tertiary alicyclic amines) is 1. The van der Waals surface area contributed by atoms with Gasteiger partial charge in [0.25, 0.3) is 0 Å². The van der Waals surface area contributed by atoms with Crippen LogP contribution in [-0.4, -0.2) is 49.1 Å². The van der Waals surface area contributed by atoms with Gasteiger partial charge in [0, 0.05) is 18.1 Å². The van der Waals surface area contributed by atoms with Gasteiger partial charge in [-0.2, -0.15) is 0 Å². The van der Waals surface area contributed by atoms with Gasteiger partial charge in [-0.3, -0.25) is 0 Å². The van der Waals surface area contributed by atoms with Crippen LogP contribution in [0.15, 0.2) is 12.1 Å². The standard InChI is InChI=1S/C18H28ClN3O/c1-12-6-7-16(13(2)17(12)19)14(3)20-18(23)22(5)15-8-10-21(4)11-9-15/h6-7,14-15H,8-11H2,1-5H3,(H,20,23). The van der Waals surface area contributed by atoms with E-state index < -0.39 is 0 Å². The minimum Gasteiger partial charge on any atom is -0.331 e. The summed E-state index contributed by atoms with van der Waals surface area (Å²) in [5.74, 6) is 0. The number of carbonyl (C=O) groups is 1. The Morgan fingerprint density at radius 1 is 1.35 bits per heavy atom. The Hall–Kier alpha value is -1.26. The molecule has 0 bridgehead atoms. The molecule has 1 aliphatic rings. The number of hydrogen-bond acceptors (Lipinski definition) is 2. The summed E-state index contributed by atoms with van der Waals surface area (Å²) in [6.45, 7) is 8.10. The molecule has 0 radical (unpaired) electrons. The first-order valence-corrected chi connectivity index (χ1v) is 8.66. The summed E-state index contributed by atoms with van der Waals surface area (Å²) in [4.78, 5) is 16.7. The Morgan fingerprint density at radius 3 is 2.57 bits per heavy atom. The van der Waals surface area contributed by atoms with Gasteiger partial charge in [0.05, 0.1) is 6.04 Å². The van der Waals surface area contributed by atoms with E-state index in [0.29, 0.717) is 6.04 Å². The Bertz CT molecular complexity index is 568. The Kier molecular flexibility index (Phi) is 5.93. The molecule has 1 N–H and O–H groups in total. The number of nitrogens with zero attached hydrogens (tertiary/aromatic N) is 2. The fraction of sp³-hybridized carbons (Fsp3) is 0.611. The molecule has 1 aliphatic heterocycles. The zero-order valence-corrected chi connectivity index (χ0v) is 15.6. The average molecular weight is 338 g/mol. The molecule has 128 valence electrons. The van der Waals surface area contributed by atoms with Crippen molar-refractivity contribution in [3.63, 3.8) is 0 Å². The van der Waals surface area contributed by atoms with Gasteiger partial charge in [-0.25, -0.2) is 4.79 Å². The van der Waals surface area contributed by atoms with Gasteiger partial charge in [-0.15, -0.1) is 0 Å². The van der Waals surface area contributed by atoms with Gasteiger partial charge in [-0.1, -0.05) is 23.7 Å². The van der Waals surface area contributed by atoms with Gasteiger partial charge >= 0.3 is 6.03 Å². The molecule has 1 fully saturated rings. The number of nitrogens with one attached hydrogen (secondary N) is 1. The summed E-state index contributed by atoms with van der Waals surface area (Å²) in [7, 11) is 4.02. The van der Waals surface area contributed by atoms with Crippen LogP contribution < -0.4 is 5.32 Å². The second-order valence-corrected chi connectivity index (χ2v) is 7.11. The lowest BCUT2D eigenvalue weighted by Gasteiger charge is -2.35. The van der Waals surface area contributed by atoms with E-state index in [-0.39, 0.29) is 12.1 Å². The van der Waals surface area contributed by atoms with Crippen LogP contribution in [-0.2, 0) is 0 Å². The van der Waals surface area contributed by atoms with Crippen molar-refractivity contribution in [1.82, 2.24) is 15.1 Å². The van der Waals surface area contributed by atoms with E-state index in [2.05, 4.69) is 23.3 Å². The fourth-order valence-electron chi connectivity index (χ4n) is 3.22. The van der Waals surface area contributed by atoms with E-state index in [4.69, 9.17) is 11.6 Å². The van der Waals surface area contributed by atoms with Gasteiger partial charge in [0.15, 0.2) is 0 Å². The predicted octanol–water partition coefficient (Wildman–Crippen LogP) is 3.75. The highest BCUT2D eigenvalue weighted by Gasteiger charge is 2.25. The van der Waals surface area contributed by atoms with Gasteiger partial charge in [0.2, 0.25) is 0 Å². The first-order chi connectivity index (χ1) is 10.8. The molecule has 1 atom stereocenters. The topological polar surface area (TPSA) is 35.6 Å². The van der Waals surface area contributed by atoms with Crippen LogP contribution >= 0.6 is 11.6 Å². The van der Waals surface area contributed by atoms with Crippen molar-refractivity contribution in [3.8, 4) is 0 Å². The molecule has 1 aromatic rings. The summed E-state index contributed by atoms with van der Waals surface area (Å²) >= 11 is 6.33. The van der Waals surface area contributed by atoms with Crippen LogP contribution in [0.25, 0.3) is 0 Å². The number of hydrogen-bond donors (Lipinski definition) is 1. The number of aryl methyl sites for hydroxylation is 1. The van der Waals surface area contributed by atoms with Crippen molar-refractivity contribution < 1.29 is 4.79 Å². The fourth-order valence-corrected chi connectivity index (χ4v) is 3.39. The summed E-state index contributed by atoms with van der Waals surface area (Å²) in [6.07, 6.45) is 2.06. The molecule has 2 rings (SSSR count). The van der Waals surface area contributed by atoms with E-state index in [1.807, 2.05) is 38.8 Å². The van der Waals surface area contributed by atoms with Crippen LogP contribution in [0.3, 0.4) is 0 Å². The summed E-state index contributed by atoms with van der Waals surface area (Å²) in [5, 5.41) is 3.89. The largest absolute Gasteiger partial charge is 0.331 e. The second-order valence-electron chi connectivity index (χ2n) is 6.73. The number of piperidine rings is 1. The molecule has 5 heteroatoms. The number of amides is 2. The van der Waals surface area contributed by atoms with Crippen LogP contribution in [0.5, 0.6) is 0 Å². The highest BCUT2D eigenvalue weighted by molar-refractivity contribution is 6.32. The van der Waals surface area contributed by atoms with Gasteiger partial charge < -0.3 is 15.1 Å². The zero-order chi connectivity index (χ0) is 17.1. The van der Waals surface area contributed by atoms with Gasteiger partial charge in [0.1, 0.15) is 0 Å². The van der Waals surface area contributed by atoms with Crippen molar-refractivity contribution in [3.05, 3.63) is 33.8 Å². The normalized spacial score (nSPS) is 17.8. The van der Waals surface area contributed by atoms with Crippen molar-refractivity contribution in [1.29, 1.82) is 0 Å². The maximum absolute atomic E-state index is 12.5. The first kappa shape index (κ1) is 18.1. The lowest BCUT2D eigenvalue weighted by molar-refractivity contribution is 0.146. The van der Waals surface area contributed by atoms with E-state index in [9.17, 15) is 4.79 Å². The number of benzene rings is 1. The van der Waals surface area contributed by atoms with Crippen molar-refractivity contribution in [2.75, 3.05) is 27.2 Å². The van der Waals surface area contributed by atoms with Crippen molar-refractivity contribution in [2.24, 2.45) is 0 Å². The number of carbonyl (C=O) groups excluding carboxylic acids is 1. The van der Waals surface area contributed by atoms with E-state index in [1.54, 1.807) is 0 Å². The molecule has 1 unspecified atom stereocenters. The highest BCUT2D eigenvalue weighted by Crippen LogP contribution is 2.27. The first-order valence-electron chi connectivity index (χ1n) is 8.28. The molecule has 0 saturated carbocycles. The highest BCUT2D eigenvalue weighted by atomic mass is 35.5. The SMILES string of the molecule is Cc1ccc(C(C)NC(=O)N(C)C2CCN(C)CC2)c(C)c1Cl. The van der Waals surface area contributed by atoms with Crippen LogP contribution in [0.4, 0.5) is 4.79 Å². The van der Waals surface area contributed by atoms with E-state index in [0.717, 1.165) is 47.6 Å². The number of rotatable bonds is 3. The van der Waals surface area contributed by atoms with Crippen molar-refractivity contribution in [2.45, 2.75) is 45.7 Å². The Labute approximate surface area is 144 Å². The maximum atomic E-state index is 12.5. The summed E-state index contributed by atoms with van der Waals surface area (Å²) in [6, 6.07) is 4.31. The number of urea groups is 1. The van der Waals surface area contributed by atoms with E-state index in [1.165, 1.54) is 0 Å². The molecule has 4 nitrogen and oxygen atoms in total. The molecule has 0 spiro atoms. The minimum absolute atomic E-state index is 0.0110. The molecule has 1 heterocycles. The third kappa shape index (κ3) is 4.18. The third-order valence-electron chi connectivity index (χ3n) is 4.98. The quantitative estimate of drug-likeness (QED) is 0.911. The molecule has 0 aromatic heterocycles. The predicted molar refractivity (Wildman–Crippen MR) is 96.2 cm³/mol. The van der Waals surface area contributed by atoms with Crippen LogP contribution in [0.1, 0.15) is 42.5 Å². The van der Waals surface area contributed by atoms with Gasteiger partial charge in [-0.05, 0) is 70.4 Å².